The second-order valence-corrected chi connectivity index (χ2v) is 18.2. The minimum Gasteiger partial charge on any atom is -0.371 e. The van der Waals surface area contributed by atoms with Gasteiger partial charge in [-0.1, -0.05) is 47.7 Å². The van der Waals surface area contributed by atoms with Gasteiger partial charge in [0.15, 0.2) is 0 Å². The number of nitriles is 1. The average Bonchev–Trinajstić information content (AvgIpc) is 3.74. The molecule has 1 saturated carbocycles. The minimum atomic E-state index is -0.991. The van der Waals surface area contributed by atoms with Crippen molar-refractivity contribution in [3.8, 4) is 29.2 Å². The lowest BCUT2D eigenvalue weighted by Gasteiger charge is -2.44. The number of aromatic nitrogens is 2. The summed E-state index contributed by atoms with van der Waals surface area (Å²) in [5.74, 6) is 5.50. The van der Waals surface area contributed by atoms with Gasteiger partial charge < -0.3 is 9.80 Å². The van der Waals surface area contributed by atoms with Crippen molar-refractivity contribution in [2.24, 2.45) is 11.8 Å². The highest BCUT2D eigenvalue weighted by Crippen LogP contribution is 2.37. The highest BCUT2D eigenvalue weighted by atomic mass is 35.5. The van der Waals surface area contributed by atoms with E-state index in [2.05, 4.69) is 76.0 Å². The second-order valence-electron chi connectivity index (χ2n) is 17.8. The Kier molecular flexibility index (Phi) is 12.1. The number of piperidine rings is 2. The zero-order chi connectivity index (χ0) is 44.6. The van der Waals surface area contributed by atoms with Crippen molar-refractivity contribution >= 4 is 46.8 Å². The molecule has 0 spiro atoms. The first-order valence-electron chi connectivity index (χ1n) is 22.4. The smallest absolute Gasteiger partial charge is 0.264 e. The van der Waals surface area contributed by atoms with E-state index in [1.807, 2.05) is 16.8 Å². The second kappa shape index (κ2) is 18.1. The van der Waals surface area contributed by atoms with Gasteiger partial charge in [-0.05, 0) is 106 Å². The normalized spacial score (nSPS) is 21.9. The maximum atomic E-state index is 13.7. The molecule has 9 rings (SSSR count). The predicted octanol–water partition coefficient (Wildman–Crippen LogP) is 6.11. The topological polar surface area (TPSA) is 152 Å². The summed E-state index contributed by atoms with van der Waals surface area (Å²) < 4.78 is 2.00. The lowest BCUT2D eigenvalue weighted by Crippen LogP contribution is -2.55. The molecule has 4 aromatic rings. The van der Waals surface area contributed by atoms with Crippen LogP contribution in [0.15, 0.2) is 60.7 Å². The van der Waals surface area contributed by atoms with Gasteiger partial charge in [0.2, 0.25) is 17.7 Å². The van der Waals surface area contributed by atoms with E-state index >= 15 is 0 Å². The summed E-state index contributed by atoms with van der Waals surface area (Å²) in [7, 11) is 0. The Morgan fingerprint density at radius 2 is 1.59 bits per heavy atom. The van der Waals surface area contributed by atoms with Crippen LogP contribution in [0.2, 0.25) is 5.02 Å². The molecule has 13 nitrogen and oxygen atoms in total. The summed E-state index contributed by atoms with van der Waals surface area (Å²) in [5.41, 5.74) is 7.78. The van der Waals surface area contributed by atoms with Crippen LogP contribution < -0.4 is 10.2 Å². The van der Waals surface area contributed by atoms with Gasteiger partial charge >= 0.3 is 0 Å². The number of amides is 5. The third-order valence-electron chi connectivity index (χ3n) is 14.0. The van der Waals surface area contributed by atoms with Crippen molar-refractivity contribution in [3.05, 3.63) is 105 Å². The van der Waals surface area contributed by atoms with E-state index < -0.39 is 29.7 Å². The number of carbonyl (C=O) groups excluding carboxylic acids is 5. The van der Waals surface area contributed by atoms with Crippen molar-refractivity contribution in [2.45, 2.75) is 83.8 Å². The van der Waals surface area contributed by atoms with Crippen LogP contribution >= 0.6 is 11.6 Å². The quantitative estimate of drug-likeness (QED) is 0.171. The molecule has 3 aromatic carbocycles. The van der Waals surface area contributed by atoms with Crippen LogP contribution in [0, 0.1) is 48.9 Å². The lowest BCUT2D eigenvalue weighted by molar-refractivity contribution is -0.139. The Bertz CT molecular complexity index is 2630. The summed E-state index contributed by atoms with van der Waals surface area (Å²) in [6.07, 6.45) is 5.57. The molecule has 4 aliphatic heterocycles. The Labute approximate surface area is 378 Å². The molecule has 328 valence electrons. The fourth-order valence-electron chi connectivity index (χ4n) is 10.2. The van der Waals surface area contributed by atoms with E-state index in [0.717, 1.165) is 116 Å². The molecular weight excluding hydrogens is 828 g/mol. The van der Waals surface area contributed by atoms with Gasteiger partial charge in [0.25, 0.3) is 11.8 Å². The van der Waals surface area contributed by atoms with Crippen molar-refractivity contribution < 1.29 is 24.0 Å². The Hall–Kier alpha value is -6.28. The molecule has 0 radical (unpaired) electrons. The first-order chi connectivity index (χ1) is 31.0. The van der Waals surface area contributed by atoms with Gasteiger partial charge in [-0.3, -0.25) is 43.8 Å². The zero-order valence-electron chi connectivity index (χ0n) is 36.2. The first-order valence-corrected chi connectivity index (χ1v) is 22.8. The van der Waals surface area contributed by atoms with E-state index in [0.29, 0.717) is 40.0 Å². The molecule has 0 bridgehead atoms. The number of hydrogen-bond donors (Lipinski definition) is 1. The van der Waals surface area contributed by atoms with Crippen molar-refractivity contribution in [2.75, 3.05) is 44.2 Å². The molecular formula is C50H51ClN8O5. The Balaban J connectivity index is 0.720. The molecule has 64 heavy (non-hydrogen) atoms. The van der Waals surface area contributed by atoms with Crippen LogP contribution in [-0.2, 0) is 20.9 Å². The number of hydrogen-bond acceptors (Lipinski definition) is 9. The molecule has 5 heterocycles. The number of imide groups is 2. The fourth-order valence-corrected chi connectivity index (χ4v) is 10.4. The molecule has 1 unspecified atom stereocenters. The van der Waals surface area contributed by atoms with Gasteiger partial charge in [0.05, 0.1) is 39.6 Å². The lowest BCUT2D eigenvalue weighted by atomic mass is 9.81. The molecule has 5 amide bonds. The number of piperazine rings is 1. The van der Waals surface area contributed by atoms with E-state index in [9.17, 15) is 29.2 Å². The summed E-state index contributed by atoms with van der Waals surface area (Å²) in [6, 6.07) is 20.5. The molecule has 4 fully saturated rings. The summed E-state index contributed by atoms with van der Waals surface area (Å²) >= 11 is 6.31. The number of nitrogens with one attached hydrogen (secondary N) is 1. The summed E-state index contributed by atoms with van der Waals surface area (Å²) in [5, 5.41) is 16.8. The number of rotatable bonds is 7. The van der Waals surface area contributed by atoms with Crippen LogP contribution in [0.1, 0.15) is 100 Å². The van der Waals surface area contributed by atoms with Crippen molar-refractivity contribution in [1.82, 2.24) is 29.8 Å². The monoisotopic (exact) mass is 878 g/mol. The maximum absolute atomic E-state index is 13.7. The largest absolute Gasteiger partial charge is 0.371 e. The number of benzene rings is 3. The number of anilines is 1. The summed E-state index contributed by atoms with van der Waals surface area (Å²) in [4.78, 5) is 72.8. The van der Waals surface area contributed by atoms with Crippen LogP contribution in [0.4, 0.5) is 5.69 Å². The third kappa shape index (κ3) is 8.43. The molecule has 14 heteroatoms. The average molecular weight is 879 g/mol. The molecule has 1 aromatic heterocycles. The number of nitrogens with zero attached hydrogens (tertiary/aromatic N) is 7. The molecule has 3 saturated heterocycles. The van der Waals surface area contributed by atoms with Crippen LogP contribution in [0.5, 0.6) is 0 Å². The third-order valence-corrected chi connectivity index (χ3v) is 14.4. The number of halogens is 1. The maximum Gasteiger partial charge on any atom is 0.264 e. The first kappa shape index (κ1) is 43.0. The van der Waals surface area contributed by atoms with Gasteiger partial charge in [0.1, 0.15) is 12.1 Å². The Morgan fingerprint density at radius 1 is 0.859 bits per heavy atom. The van der Waals surface area contributed by atoms with Gasteiger partial charge in [0, 0.05) is 80.4 Å². The van der Waals surface area contributed by atoms with E-state index in [4.69, 9.17) is 16.7 Å². The molecule has 1 atom stereocenters. The SMILES string of the molecule is Cc1c(-c2ccc(C#N)c(Cl)c2)nn(Cc2ccc(C#C[C@H]3CC[C@H](C(=O)N4CCN(C5CCN(c6cccc7c6C(=O)N(C6CCC(=O)NC6=O)C7=O)CC5)CC4)CC3)cc2)c1C. The van der Waals surface area contributed by atoms with E-state index in [1.54, 1.807) is 24.3 Å². The zero-order valence-corrected chi connectivity index (χ0v) is 37.0. The Morgan fingerprint density at radius 3 is 2.28 bits per heavy atom. The number of carbonyl (C=O) groups is 5. The standard InChI is InChI=1S/C50H51ClN8O5/c1-31-32(2)58(54-46(31)37-16-17-38(29-52)41(51)28-37)30-35-10-8-33(9-11-35)6-7-34-12-14-36(15-13-34)48(62)57-26-24-55(25-27-57)39-20-22-56(23-21-39)42-5-3-4-40-45(42)50(64)59(49(40)63)43-18-19-44(60)53-47(43)61/h3-5,8-11,16-17,28,34,36,39,43H,12-15,18-27,30H2,1-2H3,(H,53,60,61)/t34-,36-,43?. The molecule has 1 aliphatic carbocycles. The summed E-state index contributed by atoms with van der Waals surface area (Å²) in [6.45, 7) is 9.30. The molecule has 1 N–H and O–H groups in total. The van der Waals surface area contributed by atoms with Crippen molar-refractivity contribution in [1.29, 1.82) is 5.26 Å². The van der Waals surface area contributed by atoms with Crippen LogP contribution in [0.25, 0.3) is 11.3 Å². The van der Waals surface area contributed by atoms with Gasteiger partial charge in [-0.25, -0.2) is 0 Å². The van der Waals surface area contributed by atoms with E-state index in [1.165, 1.54) is 0 Å². The highest BCUT2D eigenvalue weighted by Gasteiger charge is 2.46. The van der Waals surface area contributed by atoms with Crippen LogP contribution in [0.3, 0.4) is 0 Å². The number of fused-ring (bicyclic) bond motifs is 1. The molecule has 5 aliphatic rings. The fraction of sp³-hybridized carbons (Fsp3) is 0.420. The van der Waals surface area contributed by atoms with E-state index in [-0.39, 0.29) is 30.6 Å². The predicted molar refractivity (Wildman–Crippen MR) is 241 cm³/mol. The van der Waals surface area contributed by atoms with Crippen LogP contribution in [-0.4, -0.2) is 105 Å². The van der Waals surface area contributed by atoms with Gasteiger partial charge in [-0.15, -0.1) is 0 Å². The minimum absolute atomic E-state index is 0.0454. The van der Waals surface area contributed by atoms with Gasteiger partial charge in [-0.2, -0.15) is 10.4 Å². The highest BCUT2D eigenvalue weighted by molar-refractivity contribution is 6.32. The van der Waals surface area contributed by atoms with Crippen molar-refractivity contribution in [3.63, 3.8) is 0 Å².